The van der Waals surface area contributed by atoms with Gasteiger partial charge in [0, 0.05) is 5.57 Å². The fourth-order valence-corrected chi connectivity index (χ4v) is 3.70. The summed E-state index contributed by atoms with van der Waals surface area (Å²) in [5, 5.41) is 12.7. The Labute approximate surface area is 150 Å². The van der Waals surface area contributed by atoms with Gasteiger partial charge >= 0.3 is 29.6 Å². The summed E-state index contributed by atoms with van der Waals surface area (Å²) in [6, 6.07) is 0. The van der Waals surface area contributed by atoms with E-state index in [4.69, 9.17) is 17.0 Å². The summed E-state index contributed by atoms with van der Waals surface area (Å²) in [6.07, 6.45) is 4.22. The Balaban J connectivity index is 0.00000180. The van der Waals surface area contributed by atoms with Gasteiger partial charge in [-0.2, -0.15) is 0 Å². The summed E-state index contributed by atoms with van der Waals surface area (Å²) < 4.78 is 5.36. The maximum Gasteiger partial charge on any atom is 1.00 e. The van der Waals surface area contributed by atoms with E-state index in [1.165, 1.54) is 11.3 Å². The minimum absolute atomic E-state index is 0. The van der Waals surface area contributed by atoms with Gasteiger partial charge in [-0.3, -0.25) is 0 Å². The fraction of sp³-hybridized carbons (Fsp3) is 0.500. The Hall–Kier alpha value is 0.540. The van der Waals surface area contributed by atoms with Crippen molar-refractivity contribution < 1.29 is 39.4 Å². The summed E-state index contributed by atoms with van der Waals surface area (Å²) in [4.78, 5) is 5.42. The number of thiocarbonyl (C=S) groups is 1. The molecule has 0 aromatic carbocycles. The Morgan fingerprint density at radius 3 is 2.79 bits per heavy atom. The molecule has 0 unspecified atom stereocenters. The van der Waals surface area contributed by atoms with E-state index in [0.717, 1.165) is 24.8 Å². The molecule has 19 heavy (non-hydrogen) atoms. The third kappa shape index (κ3) is 4.25. The SMILES string of the molecule is CCO/C([O-])=C1/C2=C(CCCC2)S/C1=N\C(=S)S.[Na+]. The van der Waals surface area contributed by atoms with Crippen LogP contribution in [0.1, 0.15) is 32.6 Å². The molecule has 1 heterocycles. The second-order valence-corrected chi connectivity index (χ2v) is 6.20. The van der Waals surface area contributed by atoms with Gasteiger partial charge in [0.25, 0.3) is 0 Å². The monoisotopic (exact) mass is 323 g/mol. The molecule has 3 nitrogen and oxygen atoms in total. The Morgan fingerprint density at radius 1 is 1.47 bits per heavy atom. The minimum Gasteiger partial charge on any atom is -0.613 e. The van der Waals surface area contributed by atoms with Crippen molar-refractivity contribution in [2.45, 2.75) is 32.6 Å². The first-order valence-corrected chi connectivity index (χ1v) is 7.57. The molecule has 0 atom stereocenters. The minimum atomic E-state index is -0.291. The normalized spacial score (nSPS) is 22.9. The summed E-state index contributed by atoms with van der Waals surface area (Å²) in [5.41, 5.74) is 1.71. The number of thiol groups is 1. The van der Waals surface area contributed by atoms with Gasteiger partial charge in [0.05, 0.1) is 5.95 Å². The number of rotatable bonds is 2. The van der Waals surface area contributed by atoms with Crippen LogP contribution in [0.2, 0.25) is 0 Å². The number of aliphatic imine (C=N–C) groups is 1. The number of nitrogens with zero attached hydrogens (tertiary/aromatic N) is 1. The van der Waals surface area contributed by atoms with E-state index < -0.39 is 0 Å². The summed E-state index contributed by atoms with van der Waals surface area (Å²) in [5.74, 6) is -0.291. The molecule has 1 aliphatic heterocycles. The van der Waals surface area contributed by atoms with E-state index in [2.05, 4.69) is 17.6 Å². The van der Waals surface area contributed by atoms with Crippen molar-refractivity contribution >= 4 is 46.0 Å². The van der Waals surface area contributed by atoms with E-state index >= 15 is 0 Å². The number of hydrogen-bond acceptors (Lipinski definition) is 4. The van der Waals surface area contributed by atoms with Crippen molar-refractivity contribution in [1.29, 1.82) is 0 Å². The molecule has 0 amide bonds. The molecule has 0 saturated heterocycles. The maximum absolute atomic E-state index is 12.0. The number of thioether (sulfide) groups is 1. The standard InChI is InChI=1S/C12H15NO2S3.Na/c1-2-15-11(14)9-7-5-3-4-6-8(7)18-10(9)13-12(16)17;/h14H,2-6H2,1H3,(H,16,17);/q;+1/p-1/b11-9-,13-10-;. The molecular formula is C12H14NNaO2S3. The maximum atomic E-state index is 12.0. The van der Waals surface area contributed by atoms with E-state index in [0.29, 0.717) is 17.2 Å². The van der Waals surface area contributed by atoms with E-state index in [9.17, 15) is 5.11 Å². The van der Waals surface area contributed by atoms with Gasteiger partial charge in [-0.1, -0.05) is 30.9 Å². The molecule has 0 aromatic rings. The van der Waals surface area contributed by atoms with Gasteiger partial charge in [-0.25, -0.2) is 4.99 Å². The van der Waals surface area contributed by atoms with Gasteiger partial charge in [0.1, 0.15) is 5.04 Å². The van der Waals surface area contributed by atoms with Crippen LogP contribution in [0.4, 0.5) is 0 Å². The van der Waals surface area contributed by atoms with Gasteiger partial charge in [0.2, 0.25) is 0 Å². The molecule has 98 valence electrons. The summed E-state index contributed by atoms with van der Waals surface area (Å²) in [6.45, 7) is 2.17. The van der Waals surface area contributed by atoms with Crippen molar-refractivity contribution in [2.75, 3.05) is 6.61 Å². The molecule has 2 rings (SSSR count). The van der Waals surface area contributed by atoms with E-state index in [1.807, 2.05) is 0 Å². The topological polar surface area (TPSA) is 44.6 Å². The van der Waals surface area contributed by atoms with Gasteiger partial charge in [0.15, 0.2) is 4.32 Å². The number of hydrogen-bond donors (Lipinski definition) is 1. The first-order valence-electron chi connectivity index (χ1n) is 5.89. The molecule has 0 radical (unpaired) electrons. The van der Waals surface area contributed by atoms with Gasteiger partial charge in [-0.15, -0.1) is 12.6 Å². The van der Waals surface area contributed by atoms with Crippen LogP contribution in [0.25, 0.3) is 0 Å². The van der Waals surface area contributed by atoms with Crippen LogP contribution in [-0.4, -0.2) is 16.0 Å². The summed E-state index contributed by atoms with van der Waals surface area (Å²) in [7, 11) is 0. The van der Waals surface area contributed by atoms with Gasteiger partial charge in [-0.05, 0) is 42.8 Å². The zero-order valence-electron chi connectivity index (χ0n) is 11.1. The molecule has 2 aliphatic rings. The molecule has 0 fully saturated rings. The van der Waals surface area contributed by atoms with Crippen molar-refractivity contribution in [3.05, 3.63) is 22.0 Å². The second kappa shape index (κ2) is 8.10. The largest absolute Gasteiger partial charge is 1.00 e. The van der Waals surface area contributed by atoms with Crippen LogP contribution in [0.5, 0.6) is 0 Å². The van der Waals surface area contributed by atoms with Crippen molar-refractivity contribution in [3.63, 3.8) is 0 Å². The first kappa shape index (κ1) is 17.6. The van der Waals surface area contributed by atoms with Crippen LogP contribution in [-0.2, 0) is 4.74 Å². The average molecular weight is 323 g/mol. The molecule has 1 aliphatic carbocycles. The zero-order chi connectivity index (χ0) is 13.1. The quantitative estimate of drug-likeness (QED) is 0.330. The fourth-order valence-electron chi connectivity index (χ4n) is 2.13. The molecular weight excluding hydrogens is 309 g/mol. The second-order valence-electron chi connectivity index (χ2n) is 4.01. The van der Waals surface area contributed by atoms with Crippen molar-refractivity contribution in [2.24, 2.45) is 4.99 Å². The molecule has 0 bridgehead atoms. The van der Waals surface area contributed by atoms with Crippen LogP contribution in [0.3, 0.4) is 0 Å². The van der Waals surface area contributed by atoms with Crippen LogP contribution < -0.4 is 34.7 Å². The number of allylic oxidation sites excluding steroid dienone is 2. The third-order valence-corrected chi connectivity index (χ3v) is 4.21. The Kier molecular flexibility index (Phi) is 7.50. The van der Waals surface area contributed by atoms with Gasteiger partial charge < -0.3 is 9.84 Å². The zero-order valence-corrected chi connectivity index (χ0v) is 15.6. The average Bonchev–Trinajstić information content (AvgIpc) is 2.66. The smallest absolute Gasteiger partial charge is 0.613 e. The molecule has 7 heteroatoms. The molecule has 0 N–H and O–H groups in total. The van der Waals surface area contributed by atoms with E-state index in [-0.39, 0.29) is 39.8 Å². The van der Waals surface area contributed by atoms with Crippen LogP contribution >= 0.6 is 36.6 Å². The first-order chi connectivity index (χ1) is 8.63. The molecule has 0 saturated carbocycles. The van der Waals surface area contributed by atoms with Crippen LogP contribution in [0, 0.1) is 0 Å². The predicted molar refractivity (Wildman–Crippen MR) is 80.8 cm³/mol. The predicted octanol–water partition coefficient (Wildman–Crippen LogP) is -0.213. The van der Waals surface area contributed by atoms with E-state index in [1.54, 1.807) is 18.7 Å². The Bertz CT molecular complexity index is 472. The summed E-state index contributed by atoms with van der Waals surface area (Å²) >= 11 is 10.4. The van der Waals surface area contributed by atoms with Crippen LogP contribution in [0.15, 0.2) is 27.0 Å². The van der Waals surface area contributed by atoms with Crippen molar-refractivity contribution in [3.8, 4) is 0 Å². The third-order valence-electron chi connectivity index (χ3n) is 2.83. The Morgan fingerprint density at radius 2 is 2.16 bits per heavy atom. The van der Waals surface area contributed by atoms with Crippen molar-refractivity contribution in [1.82, 2.24) is 0 Å². The molecule has 0 aromatic heterocycles. The number of ether oxygens (including phenoxy) is 1. The molecule has 0 spiro atoms.